The van der Waals surface area contributed by atoms with Gasteiger partial charge in [-0.15, -0.1) is 11.3 Å². The van der Waals surface area contributed by atoms with Gasteiger partial charge in [-0.3, -0.25) is 4.90 Å². The smallest absolute Gasteiger partial charge is 0.127 e. The Balaban J connectivity index is 1.67. The number of aromatic nitrogens is 2. The summed E-state index contributed by atoms with van der Waals surface area (Å²) in [5, 5.41) is 1.32. The zero-order chi connectivity index (χ0) is 15.8. The minimum atomic E-state index is 0.691. The van der Waals surface area contributed by atoms with Crippen molar-refractivity contribution in [1.82, 2.24) is 14.9 Å². The molecule has 0 radical (unpaired) electrons. The van der Waals surface area contributed by atoms with Crippen LogP contribution >= 0.6 is 11.3 Å². The van der Waals surface area contributed by atoms with E-state index in [2.05, 4.69) is 17.9 Å². The standard InChI is InChI=1S/C19H27N3S/c1-13-7-6-10-22(13)12-17-16-11-18(15-8-4-3-5-9-15)23-19(16)21-14(2)20-17/h11,13,15H,3-10,12H2,1-2H3/t13-/m1/s1. The maximum atomic E-state index is 4.81. The topological polar surface area (TPSA) is 29.0 Å². The molecule has 2 aliphatic rings. The Morgan fingerprint density at radius 2 is 1.96 bits per heavy atom. The molecule has 124 valence electrons. The van der Waals surface area contributed by atoms with Crippen LogP contribution in [0.1, 0.15) is 74.2 Å². The normalized spacial score (nSPS) is 23.8. The predicted octanol–water partition coefficient (Wildman–Crippen LogP) is 5.03. The SMILES string of the molecule is Cc1nc(CN2CCC[C@H]2C)c2cc(C3CCCCC3)sc2n1. The molecule has 1 saturated carbocycles. The first-order chi connectivity index (χ1) is 11.2. The number of likely N-dealkylation sites (tertiary alicyclic amines) is 1. The lowest BCUT2D eigenvalue weighted by Gasteiger charge is -2.21. The van der Waals surface area contributed by atoms with E-state index in [0.717, 1.165) is 18.3 Å². The summed E-state index contributed by atoms with van der Waals surface area (Å²) in [4.78, 5) is 14.9. The Hall–Kier alpha value is -1.00. The third-order valence-electron chi connectivity index (χ3n) is 5.65. The quantitative estimate of drug-likeness (QED) is 0.790. The average Bonchev–Trinajstić information content (AvgIpc) is 3.15. The summed E-state index contributed by atoms with van der Waals surface area (Å²) in [6.45, 7) is 6.59. The molecule has 2 aromatic rings. The Morgan fingerprint density at radius 1 is 1.13 bits per heavy atom. The molecule has 0 unspecified atom stereocenters. The molecular weight excluding hydrogens is 302 g/mol. The highest BCUT2D eigenvalue weighted by Crippen LogP contribution is 2.39. The molecule has 1 aliphatic heterocycles. The number of hydrogen-bond donors (Lipinski definition) is 0. The van der Waals surface area contributed by atoms with E-state index in [1.54, 1.807) is 4.88 Å². The molecule has 3 nitrogen and oxygen atoms in total. The van der Waals surface area contributed by atoms with Crippen LogP contribution in [0.2, 0.25) is 0 Å². The highest BCUT2D eigenvalue weighted by Gasteiger charge is 2.23. The second-order valence-corrected chi connectivity index (χ2v) is 8.44. The van der Waals surface area contributed by atoms with Gasteiger partial charge in [-0.05, 0) is 58.1 Å². The van der Waals surface area contributed by atoms with E-state index in [1.807, 2.05) is 18.3 Å². The Morgan fingerprint density at radius 3 is 2.70 bits per heavy atom. The van der Waals surface area contributed by atoms with Gasteiger partial charge >= 0.3 is 0 Å². The monoisotopic (exact) mass is 329 g/mol. The minimum absolute atomic E-state index is 0.691. The number of hydrogen-bond acceptors (Lipinski definition) is 4. The van der Waals surface area contributed by atoms with E-state index in [4.69, 9.17) is 9.97 Å². The van der Waals surface area contributed by atoms with Crippen LogP contribution in [-0.4, -0.2) is 27.5 Å². The lowest BCUT2D eigenvalue weighted by Crippen LogP contribution is -2.26. The molecule has 2 fully saturated rings. The van der Waals surface area contributed by atoms with Gasteiger partial charge in [-0.25, -0.2) is 9.97 Å². The summed E-state index contributed by atoms with van der Waals surface area (Å²) in [6, 6.07) is 3.11. The Bertz CT molecular complexity index is 687. The van der Waals surface area contributed by atoms with Crippen molar-refractivity contribution in [2.45, 2.75) is 77.3 Å². The largest absolute Gasteiger partial charge is 0.295 e. The number of aryl methyl sites for hydroxylation is 1. The van der Waals surface area contributed by atoms with Gasteiger partial charge in [0.05, 0.1) is 5.69 Å². The lowest BCUT2D eigenvalue weighted by atomic mass is 9.88. The second kappa shape index (κ2) is 6.48. The van der Waals surface area contributed by atoms with E-state index in [0.29, 0.717) is 6.04 Å². The number of fused-ring (bicyclic) bond motifs is 1. The van der Waals surface area contributed by atoms with Gasteiger partial charge in [-0.2, -0.15) is 0 Å². The molecule has 4 rings (SSSR count). The van der Waals surface area contributed by atoms with E-state index < -0.39 is 0 Å². The first kappa shape index (κ1) is 15.5. The van der Waals surface area contributed by atoms with Crippen LogP contribution < -0.4 is 0 Å². The van der Waals surface area contributed by atoms with Gasteiger partial charge in [0.25, 0.3) is 0 Å². The van der Waals surface area contributed by atoms with Crippen molar-refractivity contribution in [2.24, 2.45) is 0 Å². The lowest BCUT2D eigenvalue weighted by molar-refractivity contribution is 0.258. The van der Waals surface area contributed by atoms with E-state index >= 15 is 0 Å². The molecule has 1 saturated heterocycles. The summed E-state index contributed by atoms with van der Waals surface area (Å²) in [5.74, 6) is 1.69. The van der Waals surface area contributed by atoms with Crippen molar-refractivity contribution in [3.8, 4) is 0 Å². The molecule has 2 aromatic heterocycles. The molecule has 0 N–H and O–H groups in total. The third kappa shape index (κ3) is 3.16. The maximum absolute atomic E-state index is 4.81. The fourth-order valence-electron chi connectivity index (χ4n) is 4.25. The summed E-state index contributed by atoms with van der Waals surface area (Å²) in [5.41, 5.74) is 1.25. The van der Waals surface area contributed by atoms with Gasteiger partial charge < -0.3 is 0 Å². The number of rotatable bonds is 3. The molecule has 23 heavy (non-hydrogen) atoms. The van der Waals surface area contributed by atoms with Gasteiger partial charge in [0.1, 0.15) is 10.7 Å². The van der Waals surface area contributed by atoms with E-state index in [1.165, 1.54) is 67.4 Å². The Labute approximate surface area is 143 Å². The third-order valence-corrected chi connectivity index (χ3v) is 6.84. The first-order valence-corrected chi connectivity index (χ1v) is 10.0. The fourth-order valence-corrected chi connectivity index (χ4v) is 5.51. The van der Waals surface area contributed by atoms with Crippen molar-refractivity contribution in [2.75, 3.05) is 6.54 Å². The second-order valence-electron chi connectivity index (χ2n) is 7.38. The number of thiophene rings is 1. The molecule has 0 spiro atoms. The van der Waals surface area contributed by atoms with Crippen molar-refractivity contribution in [3.63, 3.8) is 0 Å². The van der Waals surface area contributed by atoms with Crippen LogP contribution in [0.25, 0.3) is 10.2 Å². The molecule has 4 heteroatoms. The summed E-state index contributed by atoms with van der Waals surface area (Å²) in [6.07, 6.45) is 9.56. The van der Waals surface area contributed by atoms with Crippen LogP contribution in [0, 0.1) is 6.92 Å². The van der Waals surface area contributed by atoms with E-state index in [-0.39, 0.29) is 0 Å². The van der Waals surface area contributed by atoms with Crippen molar-refractivity contribution in [1.29, 1.82) is 0 Å². The summed E-state index contributed by atoms with van der Waals surface area (Å²) >= 11 is 1.92. The highest BCUT2D eigenvalue weighted by atomic mass is 32.1. The highest BCUT2D eigenvalue weighted by molar-refractivity contribution is 7.18. The molecule has 3 heterocycles. The Kier molecular flexibility index (Phi) is 4.37. The van der Waals surface area contributed by atoms with Crippen LogP contribution in [0.4, 0.5) is 0 Å². The van der Waals surface area contributed by atoms with Gasteiger partial charge in [0, 0.05) is 22.8 Å². The average molecular weight is 330 g/mol. The molecule has 1 atom stereocenters. The van der Waals surface area contributed by atoms with Crippen molar-refractivity contribution >= 4 is 21.6 Å². The van der Waals surface area contributed by atoms with Crippen LogP contribution in [0.15, 0.2) is 6.07 Å². The van der Waals surface area contributed by atoms with Crippen LogP contribution in [0.3, 0.4) is 0 Å². The van der Waals surface area contributed by atoms with Gasteiger partial charge in [0.15, 0.2) is 0 Å². The first-order valence-electron chi connectivity index (χ1n) is 9.22. The molecule has 0 bridgehead atoms. The summed E-state index contributed by atoms with van der Waals surface area (Å²) in [7, 11) is 0. The molecule has 0 amide bonds. The van der Waals surface area contributed by atoms with Gasteiger partial charge in [0.2, 0.25) is 0 Å². The van der Waals surface area contributed by atoms with Crippen molar-refractivity contribution < 1.29 is 0 Å². The zero-order valence-electron chi connectivity index (χ0n) is 14.3. The maximum Gasteiger partial charge on any atom is 0.127 e. The fraction of sp³-hybridized carbons (Fsp3) is 0.684. The van der Waals surface area contributed by atoms with E-state index in [9.17, 15) is 0 Å². The minimum Gasteiger partial charge on any atom is -0.295 e. The van der Waals surface area contributed by atoms with Crippen molar-refractivity contribution in [3.05, 3.63) is 22.5 Å². The molecular formula is C19H27N3S. The predicted molar refractivity (Wildman–Crippen MR) is 97.1 cm³/mol. The molecule has 1 aliphatic carbocycles. The number of nitrogens with zero attached hydrogens (tertiary/aromatic N) is 3. The zero-order valence-corrected chi connectivity index (χ0v) is 15.2. The van der Waals surface area contributed by atoms with Gasteiger partial charge in [-0.1, -0.05) is 19.3 Å². The molecule has 0 aromatic carbocycles. The van der Waals surface area contributed by atoms with Crippen LogP contribution in [-0.2, 0) is 6.54 Å². The van der Waals surface area contributed by atoms with Crippen LogP contribution in [0.5, 0.6) is 0 Å². The summed E-state index contributed by atoms with van der Waals surface area (Å²) < 4.78 is 0.